The number of hydrogen-bond acceptors (Lipinski definition) is 7. The molecular formula is C44H66N6O3S. The molecule has 1 aromatic heterocycles. The van der Waals surface area contributed by atoms with Gasteiger partial charge in [-0.25, -0.2) is 18.4 Å². The molecule has 0 aliphatic carbocycles. The summed E-state index contributed by atoms with van der Waals surface area (Å²) in [6.07, 6.45) is 18.6. The average Bonchev–Trinajstić information content (AvgIpc) is 3.49. The zero-order chi connectivity index (χ0) is 39.3. The van der Waals surface area contributed by atoms with Crippen molar-refractivity contribution in [3.63, 3.8) is 0 Å². The van der Waals surface area contributed by atoms with E-state index in [2.05, 4.69) is 76.3 Å². The molecule has 9 nitrogen and oxygen atoms in total. The van der Waals surface area contributed by atoms with Gasteiger partial charge in [-0.2, -0.15) is 9.78 Å². The highest BCUT2D eigenvalue weighted by atomic mass is 32.2. The second kappa shape index (κ2) is 20.2. The van der Waals surface area contributed by atoms with Crippen molar-refractivity contribution < 1.29 is 8.42 Å². The summed E-state index contributed by atoms with van der Waals surface area (Å²) in [5, 5.41) is 4.89. The van der Waals surface area contributed by atoms with Crippen LogP contribution in [0.4, 0.5) is 17.1 Å². The van der Waals surface area contributed by atoms with Crippen molar-refractivity contribution in [3.05, 3.63) is 69.8 Å². The number of hydrogen-bond donors (Lipinski definition) is 1. The molecule has 54 heavy (non-hydrogen) atoms. The van der Waals surface area contributed by atoms with Gasteiger partial charge in [0.25, 0.3) is 5.56 Å². The third kappa shape index (κ3) is 11.9. The van der Waals surface area contributed by atoms with Gasteiger partial charge in [0.05, 0.1) is 29.0 Å². The van der Waals surface area contributed by atoms with Gasteiger partial charge in [-0.1, -0.05) is 130 Å². The first-order valence-corrected chi connectivity index (χ1v) is 22.5. The van der Waals surface area contributed by atoms with Crippen LogP contribution in [-0.4, -0.2) is 48.8 Å². The third-order valence-corrected chi connectivity index (χ3v) is 10.7. The monoisotopic (exact) mass is 758 g/mol. The molecular weight excluding hydrogens is 693 g/mol. The Morgan fingerprint density at radius 1 is 0.815 bits per heavy atom. The molecule has 1 aliphatic heterocycles. The van der Waals surface area contributed by atoms with E-state index in [1.54, 1.807) is 12.1 Å². The van der Waals surface area contributed by atoms with Crippen LogP contribution in [0.1, 0.15) is 148 Å². The summed E-state index contributed by atoms with van der Waals surface area (Å²) in [5.74, 6) is 0.366. The number of benzene rings is 2. The predicted octanol–water partition coefficient (Wildman–Crippen LogP) is 10.8. The van der Waals surface area contributed by atoms with Crippen molar-refractivity contribution in [2.75, 3.05) is 29.0 Å². The van der Waals surface area contributed by atoms with E-state index in [4.69, 9.17) is 15.1 Å². The number of unbranched alkanes of at least 4 members (excludes halogenated alkanes) is 11. The van der Waals surface area contributed by atoms with Crippen molar-refractivity contribution in [3.8, 4) is 11.3 Å². The molecule has 0 saturated heterocycles. The average molecular weight is 759 g/mol. The second-order valence-electron chi connectivity index (χ2n) is 16.1. The Bertz CT molecular complexity index is 1910. The number of rotatable bonds is 22. The molecule has 3 aromatic rings. The summed E-state index contributed by atoms with van der Waals surface area (Å²) in [6.45, 7) is 17.0. The summed E-state index contributed by atoms with van der Waals surface area (Å²) < 4.78 is 28.8. The Balaban J connectivity index is 1.76. The third-order valence-electron chi connectivity index (χ3n) is 10.1. The molecule has 2 heterocycles. The molecule has 4 rings (SSSR count). The number of nitrogens with zero attached hydrogens (tertiary/aromatic N) is 5. The molecule has 0 radical (unpaired) electrons. The van der Waals surface area contributed by atoms with Gasteiger partial charge in [0.1, 0.15) is 5.71 Å². The number of aliphatic imine (C=N–C) groups is 1. The van der Waals surface area contributed by atoms with E-state index in [1.165, 1.54) is 87.4 Å². The van der Waals surface area contributed by atoms with Crippen LogP contribution in [0.15, 0.2) is 57.4 Å². The molecule has 1 N–H and O–H groups in total. The summed E-state index contributed by atoms with van der Waals surface area (Å²) in [7, 11) is -3.59. The second-order valence-corrected chi connectivity index (χ2v) is 17.8. The van der Waals surface area contributed by atoms with Gasteiger partial charge in [0.15, 0.2) is 5.82 Å². The van der Waals surface area contributed by atoms with Gasteiger partial charge in [0.2, 0.25) is 10.0 Å². The van der Waals surface area contributed by atoms with Crippen molar-refractivity contribution >= 4 is 38.5 Å². The minimum atomic E-state index is -3.59. The highest BCUT2D eigenvalue weighted by Crippen LogP contribution is 2.34. The van der Waals surface area contributed by atoms with Crippen LogP contribution in [-0.2, 0) is 16.4 Å². The molecule has 0 amide bonds. The summed E-state index contributed by atoms with van der Waals surface area (Å²) in [5.41, 5.74) is 5.53. The lowest BCUT2D eigenvalue weighted by atomic mass is 9.87. The molecule has 296 valence electrons. The van der Waals surface area contributed by atoms with E-state index in [0.29, 0.717) is 46.2 Å². The van der Waals surface area contributed by atoms with Crippen molar-refractivity contribution in [2.24, 2.45) is 15.5 Å². The van der Waals surface area contributed by atoms with Crippen molar-refractivity contribution in [2.45, 2.75) is 145 Å². The minimum absolute atomic E-state index is 0.253. The number of fused-ring (bicyclic) bond motifs is 1. The molecule has 0 saturated carbocycles. The maximum atomic E-state index is 14.4. The van der Waals surface area contributed by atoms with E-state index < -0.39 is 15.4 Å². The maximum Gasteiger partial charge on any atom is 0.278 e. The fourth-order valence-corrected chi connectivity index (χ4v) is 7.63. The Hall–Kier alpha value is -3.79. The Labute approximate surface area is 325 Å². The zero-order valence-corrected chi connectivity index (χ0v) is 35.2. The summed E-state index contributed by atoms with van der Waals surface area (Å²) >= 11 is 0. The molecule has 1 aliphatic rings. The first-order chi connectivity index (χ1) is 25.8. The van der Waals surface area contributed by atoms with Crippen LogP contribution in [0, 0.1) is 12.3 Å². The lowest BCUT2D eigenvalue weighted by Gasteiger charge is -2.26. The normalized spacial score (nSPS) is 13.7. The van der Waals surface area contributed by atoms with Crippen LogP contribution in [0.3, 0.4) is 0 Å². The standard InChI is InChI=1S/C44H66N6O3S/c1-9-12-15-17-19-23-30-49(31-24-20-18-16-13-10-2)34-28-29-37(33(4)32-34)45-40-41(44(5,6)7)47-50-42(40)46-39(36(43(50)51)25-14-11-3)35-26-21-22-27-38(35)48-54(8,52)53/h21-22,26-29,32,48H,9-20,23-25,30-31H2,1-8H3. The molecule has 0 bridgehead atoms. The lowest BCUT2D eigenvalue weighted by molar-refractivity contribution is 0.575. The molecule has 0 spiro atoms. The van der Waals surface area contributed by atoms with Crippen molar-refractivity contribution in [1.29, 1.82) is 0 Å². The molecule has 2 aromatic carbocycles. The topological polar surface area (TPSA) is 109 Å². The zero-order valence-electron chi connectivity index (χ0n) is 34.4. The lowest BCUT2D eigenvalue weighted by Crippen LogP contribution is -2.29. The van der Waals surface area contributed by atoms with Crippen LogP contribution < -0.4 is 15.2 Å². The minimum Gasteiger partial charge on any atom is -0.372 e. The van der Waals surface area contributed by atoms with Gasteiger partial charge in [-0.05, 0) is 62.4 Å². The SMILES string of the molecule is CCCCCCCCN(CCCCCCCC)c1ccc(N=C2C(C(C)(C)C)=Nn3c2nc(-c2ccccc2NS(C)(=O)=O)c(CCCC)c3=O)c(C)c1. The summed E-state index contributed by atoms with van der Waals surface area (Å²) in [4.78, 5) is 27.3. The number of nitrogens with one attached hydrogen (secondary N) is 1. The smallest absolute Gasteiger partial charge is 0.278 e. The summed E-state index contributed by atoms with van der Waals surface area (Å²) in [6, 6.07) is 13.6. The van der Waals surface area contributed by atoms with Gasteiger partial charge in [-0.3, -0.25) is 9.52 Å². The van der Waals surface area contributed by atoms with Gasteiger partial charge < -0.3 is 4.90 Å². The van der Waals surface area contributed by atoms with Crippen LogP contribution >= 0.6 is 0 Å². The number of anilines is 2. The predicted molar refractivity (Wildman–Crippen MR) is 230 cm³/mol. The molecule has 0 atom stereocenters. The largest absolute Gasteiger partial charge is 0.372 e. The van der Waals surface area contributed by atoms with E-state index >= 15 is 0 Å². The number of sulfonamides is 1. The van der Waals surface area contributed by atoms with Gasteiger partial charge in [0, 0.05) is 35.3 Å². The van der Waals surface area contributed by atoms with Gasteiger partial charge >= 0.3 is 0 Å². The van der Waals surface area contributed by atoms with E-state index in [9.17, 15) is 13.2 Å². The van der Waals surface area contributed by atoms with Crippen LogP contribution in [0.2, 0.25) is 0 Å². The van der Waals surface area contributed by atoms with Crippen LogP contribution in [0.25, 0.3) is 11.3 Å². The highest BCUT2D eigenvalue weighted by Gasteiger charge is 2.35. The van der Waals surface area contributed by atoms with E-state index in [1.807, 2.05) is 12.1 Å². The Morgan fingerprint density at radius 2 is 1.41 bits per heavy atom. The molecule has 10 heteroatoms. The van der Waals surface area contributed by atoms with Gasteiger partial charge in [-0.15, -0.1) is 0 Å². The number of aromatic nitrogens is 2. The maximum absolute atomic E-state index is 14.4. The molecule has 0 fully saturated rings. The quantitative estimate of drug-likeness (QED) is 0.103. The number of para-hydroxylation sites is 1. The molecule has 0 unspecified atom stereocenters. The Kier molecular flexibility index (Phi) is 16.1. The van der Waals surface area contributed by atoms with Crippen LogP contribution in [0.5, 0.6) is 0 Å². The first-order valence-electron chi connectivity index (χ1n) is 20.6. The first kappa shape index (κ1) is 42.9. The van der Waals surface area contributed by atoms with E-state index in [0.717, 1.165) is 43.4 Å². The van der Waals surface area contributed by atoms with Crippen molar-refractivity contribution in [1.82, 2.24) is 9.66 Å². The number of aryl methyl sites for hydroxylation is 1. The fourth-order valence-electron chi connectivity index (χ4n) is 7.05. The Morgan fingerprint density at radius 3 is 1.98 bits per heavy atom. The highest BCUT2D eigenvalue weighted by molar-refractivity contribution is 7.92. The van der Waals surface area contributed by atoms with E-state index in [-0.39, 0.29) is 5.56 Å². The fraction of sp³-hybridized carbons (Fsp3) is 0.591.